The highest BCUT2D eigenvalue weighted by Crippen LogP contribution is 2.19. The van der Waals surface area contributed by atoms with Crippen molar-refractivity contribution in [3.63, 3.8) is 0 Å². The first-order valence-electron chi connectivity index (χ1n) is 4.37. The van der Waals surface area contributed by atoms with Crippen LogP contribution in [-0.2, 0) is 4.74 Å². The third-order valence-corrected chi connectivity index (χ3v) is 2.23. The molecule has 1 aliphatic carbocycles. The third kappa shape index (κ3) is 2.19. The first kappa shape index (κ1) is 9.49. The molecule has 0 radical (unpaired) electrons. The summed E-state index contributed by atoms with van der Waals surface area (Å²) in [6.45, 7) is 1.99. The lowest BCUT2D eigenvalue weighted by molar-refractivity contribution is 0.0526. The van der Waals surface area contributed by atoms with Crippen molar-refractivity contribution in [3.8, 4) is 0 Å². The molecule has 2 nitrogen and oxygen atoms in total. The van der Waals surface area contributed by atoms with Crippen LogP contribution in [-0.4, -0.2) is 19.3 Å². The normalized spacial score (nSPS) is 27.1. The van der Waals surface area contributed by atoms with Crippen molar-refractivity contribution in [1.82, 2.24) is 0 Å². The molecular weight excluding hydrogens is 150 g/mol. The Bertz CT molecular complexity index is 184. The summed E-state index contributed by atoms with van der Waals surface area (Å²) in [5, 5.41) is 0. The predicted molar refractivity (Wildman–Crippen MR) is 50.8 cm³/mol. The van der Waals surface area contributed by atoms with Crippen molar-refractivity contribution in [2.24, 2.45) is 11.7 Å². The molecule has 0 heterocycles. The monoisotopic (exact) mass is 167 g/mol. The first-order valence-corrected chi connectivity index (χ1v) is 4.37. The number of hydrogen-bond acceptors (Lipinski definition) is 2. The summed E-state index contributed by atoms with van der Waals surface area (Å²) in [5.41, 5.74) is 5.80. The fourth-order valence-corrected chi connectivity index (χ4v) is 1.62. The van der Waals surface area contributed by atoms with Gasteiger partial charge >= 0.3 is 0 Å². The SMILES string of the molecule is COC(C(C)N)[C@H]1C=CC=CC1. The van der Waals surface area contributed by atoms with Crippen LogP contribution < -0.4 is 5.73 Å². The lowest BCUT2D eigenvalue weighted by atomic mass is 9.91. The number of allylic oxidation sites excluding steroid dienone is 3. The molecule has 0 aromatic heterocycles. The summed E-state index contributed by atoms with van der Waals surface area (Å²) in [6.07, 6.45) is 9.62. The molecule has 2 heteroatoms. The van der Waals surface area contributed by atoms with Gasteiger partial charge in [0.1, 0.15) is 0 Å². The van der Waals surface area contributed by atoms with Crippen molar-refractivity contribution in [3.05, 3.63) is 24.3 Å². The summed E-state index contributed by atoms with van der Waals surface area (Å²) in [6, 6.07) is 0.0937. The van der Waals surface area contributed by atoms with Crippen LogP contribution in [0.3, 0.4) is 0 Å². The van der Waals surface area contributed by atoms with Crippen LogP contribution in [0.5, 0.6) is 0 Å². The Kier molecular flexibility index (Phi) is 3.50. The van der Waals surface area contributed by atoms with Gasteiger partial charge in [0.2, 0.25) is 0 Å². The summed E-state index contributed by atoms with van der Waals surface area (Å²) >= 11 is 0. The van der Waals surface area contributed by atoms with E-state index in [4.69, 9.17) is 10.5 Å². The third-order valence-electron chi connectivity index (χ3n) is 2.23. The molecule has 0 bridgehead atoms. The fourth-order valence-electron chi connectivity index (χ4n) is 1.62. The highest BCUT2D eigenvalue weighted by molar-refractivity contribution is 5.12. The van der Waals surface area contributed by atoms with Gasteiger partial charge < -0.3 is 10.5 Å². The number of nitrogens with two attached hydrogens (primary N) is 1. The van der Waals surface area contributed by atoms with E-state index in [1.54, 1.807) is 7.11 Å². The average Bonchev–Trinajstić information content (AvgIpc) is 2.07. The van der Waals surface area contributed by atoms with E-state index in [1.807, 2.05) is 6.92 Å². The molecule has 0 saturated heterocycles. The van der Waals surface area contributed by atoms with Crippen molar-refractivity contribution in [2.45, 2.75) is 25.5 Å². The second-order valence-corrected chi connectivity index (χ2v) is 3.27. The standard InChI is InChI=1S/C10H17NO/c1-8(11)10(12-2)9-6-4-3-5-7-9/h3-6,8-10H,7,11H2,1-2H3/t8?,9-,10?/m0/s1. The zero-order valence-electron chi connectivity index (χ0n) is 7.73. The molecule has 3 atom stereocenters. The van der Waals surface area contributed by atoms with Crippen molar-refractivity contribution in [1.29, 1.82) is 0 Å². The van der Waals surface area contributed by atoms with Crippen molar-refractivity contribution >= 4 is 0 Å². The van der Waals surface area contributed by atoms with E-state index in [9.17, 15) is 0 Å². The maximum Gasteiger partial charge on any atom is 0.0784 e. The number of ether oxygens (including phenoxy) is 1. The van der Waals surface area contributed by atoms with E-state index in [2.05, 4.69) is 24.3 Å². The van der Waals surface area contributed by atoms with Crippen molar-refractivity contribution < 1.29 is 4.74 Å². The van der Waals surface area contributed by atoms with Gasteiger partial charge in [-0.05, 0) is 13.3 Å². The van der Waals surface area contributed by atoms with Crippen LogP contribution in [0.1, 0.15) is 13.3 Å². The Morgan fingerprint density at radius 2 is 2.25 bits per heavy atom. The van der Waals surface area contributed by atoms with Gasteiger partial charge in [-0.15, -0.1) is 0 Å². The van der Waals surface area contributed by atoms with Gasteiger partial charge in [0.05, 0.1) is 6.10 Å². The molecule has 0 aliphatic heterocycles. The molecule has 0 spiro atoms. The second-order valence-electron chi connectivity index (χ2n) is 3.27. The van der Waals surface area contributed by atoms with Gasteiger partial charge in [-0.25, -0.2) is 0 Å². The molecule has 0 saturated carbocycles. The van der Waals surface area contributed by atoms with E-state index < -0.39 is 0 Å². The van der Waals surface area contributed by atoms with Gasteiger partial charge in [-0.3, -0.25) is 0 Å². The van der Waals surface area contributed by atoms with Crippen LogP contribution in [0.4, 0.5) is 0 Å². The largest absolute Gasteiger partial charge is 0.379 e. The van der Waals surface area contributed by atoms with Crippen LogP contribution in [0, 0.1) is 5.92 Å². The second kappa shape index (κ2) is 4.43. The summed E-state index contributed by atoms with van der Waals surface area (Å²) in [5.74, 6) is 0.444. The highest BCUT2D eigenvalue weighted by Gasteiger charge is 2.21. The Hall–Kier alpha value is -0.600. The smallest absolute Gasteiger partial charge is 0.0784 e. The average molecular weight is 167 g/mol. The maximum atomic E-state index is 5.80. The minimum Gasteiger partial charge on any atom is -0.379 e. The Balaban J connectivity index is 2.54. The Morgan fingerprint density at radius 1 is 1.50 bits per heavy atom. The highest BCUT2D eigenvalue weighted by atomic mass is 16.5. The predicted octanol–water partition coefficient (Wildman–Crippen LogP) is 1.48. The summed E-state index contributed by atoms with van der Waals surface area (Å²) in [7, 11) is 1.72. The number of hydrogen-bond donors (Lipinski definition) is 1. The van der Waals surface area contributed by atoms with E-state index in [0.29, 0.717) is 5.92 Å². The van der Waals surface area contributed by atoms with E-state index in [0.717, 1.165) is 6.42 Å². The van der Waals surface area contributed by atoms with Gasteiger partial charge in [0.15, 0.2) is 0 Å². The minimum absolute atomic E-state index is 0.0937. The molecule has 0 amide bonds. The van der Waals surface area contributed by atoms with Gasteiger partial charge in [-0.1, -0.05) is 24.3 Å². The lowest BCUT2D eigenvalue weighted by Gasteiger charge is -2.26. The molecule has 1 aliphatic rings. The molecule has 0 fully saturated rings. The maximum absolute atomic E-state index is 5.80. The van der Waals surface area contributed by atoms with Crippen LogP contribution in [0.2, 0.25) is 0 Å². The molecule has 68 valence electrons. The van der Waals surface area contributed by atoms with Gasteiger partial charge in [-0.2, -0.15) is 0 Å². The van der Waals surface area contributed by atoms with E-state index >= 15 is 0 Å². The molecule has 1 rings (SSSR count). The van der Waals surface area contributed by atoms with Gasteiger partial charge in [0.25, 0.3) is 0 Å². The minimum atomic E-state index is 0.0937. The molecule has 0 aromatic carbocycles. The quantitative estimate of drug-likeness (QED) is 0.691. The van der Waals surface area contributed by atoms with Crippen LogP contribution in [0.15, 0.2) is 24.3 Å². The topological polar surface area (TPSA) is 35.2 Å². The lowest BCUT2D eigenvalue weighted by Crippen LogP contribution is -2.38. The van der Waals surface area contributed by atoms with Crippen molar-refractivity contribution in [2.75, 3.05) is 7.11 Å². The molecule has 2 N–H and O–H groups in total. The van der Waals surface area contributed by atoms with Crippen LogP contribution in [0.25, 0.3) is 0 Å². The Morgan fingerprint density at radius 3 is 2.67 bits per heavy atom. The fraction of sp³-hybridized carbons (Fsp3) is 0.600. The van der Waals surface area contributed by atoms with E-state index in [-0.39, 0.29) is 12.1 Å². The zero-order chi connectivity index (χ0) is 8.97. The molecular formula is C10H17NO. The summed E-state index contributed by atoms with van der Waals surface area (Å²) < 4.78 is 5.34. The first-order chi connectivity index (χ1) is 5.75. The van der Waals surface area contributed by atoms with Gasteiger partial charge in [0, 0.05) is 19.1 Å². The summed E-state index contributed by atoms with van der Waals surface area (Å²) in [4.78, 5) is 0. The van der Waals surface area contributed by atoms with E-state index in [1.165, 1.54) is 0 Å². The zero-order valence-corrected chi connectivity index (χ0v) is 7.73. The number of methoxy groups -OCH3 is 1. The number of rotatable bonds is 3. The molecule has 12 heavy (non-hydrogen) atoms. The van der Waals surface area contributed by atoms with Crippen LogP contribution >= 0.6 is 0 Å². The molecule has 2 unspecified atom stereocenters. The Labute approximate surface area is 74.1 Å². The molecule has 0 aromatic rings.